The lowest BCUT2D eigenvalue weighted by Crippen LogP contribution is -2.28. The molecule has 0 radical (unpaired) electrons. The average Bonchev–Trinajstić information content (AvgIpc) is 3.06. The Kier molecular flexibility index (Phi) is 5.39. The molecule has 8 nitrogen and oxygen atoms in total. The summed E-state index contributed by atoms with van der Waals surface area (Å²) in [5.41, 5.74) is -0.986. The number of nitrogens with one attached hydrogen (secondary N) is 1. The summed E-state index contributed by atoms with van der Waals surface area (Å²) in [6.45, 7) is 1.32. The zero-order valence-corrected chi connectivity index (χ0v) is 16.6. The molecule has 4 rings (SSSR count). The van der Waals surface area contributed by atoms with Crippen molar-refractivity contribution < 1.29 is 22.7 Å². The van der Waals surface area contributed by atoms with E-state index in [0.29, 0.717) is 5.75 Å². The van der Waals surface area contributed by atoms with Crippen LogP contribution in [0.4, 0.5) is 18.9 Å². The maximum absolute atomic E-state index is 13.1. The van der Waals surface area contributed by atoms with E-state index in [1.165, 1.54) is 24.5 Å². The molecule has 11 heteroatoms. The zero-order chi connectivity index (χ0) is 22.9. The molecule has 2 aromatic carbocycles. The van der Waals surface area contributed by atoms with Gasteiger partial charge in [0.05, 0.1) is 11.3 Å². The van der Waals surface area contributed by atoms with Crippen molar-refractivity contribution in [3.05, 3.63) is 82.5 Å². The van der Waals surface area contributed by atoms with Crippen LogP contribution in [0.2, 0.25) is 0 Å². The third kappa shape index (κ3) is 4.31. The van der Waals surface area contributed by atoms with Gasteiger partial charge in [-0.05, 0) is 31.2 Å². The lowest BCUT2D eigenvalue weighted by Gasteiger charge is -2.13. The molecule has 0 saturated carbocycles. The number of carbonyl (C=O) groups excluding carboxylic acids is 1. The van der Waals surface area contributed by atoms with Gasteiger partial charge in [-0.2, -0.15) is 13.2 Å². The van der Waals surface area contributed by atoms with Gasteiger partial charge in [0.1, 0.15) is 12.3 Å². The van der Waals surface area contributed by atoms with Crippen LogP contribution in [0.15, 0.2) is 65.7 Å². The number of aryl methyl sites for hydroxylation is 1. The van der Waals surface area contributed by atoms with Crippen molar-refractivity contribution in [3.63, 3.8) is 0 Å². The van der Waals surface area contributed by atoms with E-state index in [1.54, 1.807) is 12.1 Å². The third-order valence-electron chi connectivity index (χ3n) is 4.50. The predicted molar refractivity (Wildman–Crippen MR) is 109 cm³/mol. The maximum Gasteiger partial charge on any atom is 0.418 e. The summed E-state index contributed by atoms with van der Waals surface area (Å²) in [6, 6.07) is 11.7. The van der Waals surface area contributed by atoms with Crippen LogP contribution in [0, 0.1) is 6.92 Å². The normalized spacial score (nSPS) is 11.5. The van der Waals surface area contributed by atoms with E-state index in [2.05, 4.69) is 15.4 Å². The Morgan fingerprint density at radius 1 is 1.12 bits per heavy atom. The molecule has 0 aliphatic carbocycles. The lowest BCUT2D eigenvalue weighted by atomic mass is 10.1. The van der Waals surface area contributed by atoms with Crippen LogP contribution in [-0.4, -0.2) is 25.1 Å². The number of ether oxygens (including phenoxy) is 1. The first kappa shape index (κ1) is 21.1. The molecular weight excluding hydrogens is 427 g/mol. The first-order chi connectivity index (χ1) is 15.2. The molecule has 2 aromatic heterocycles. The Balaban J connectivity index is 1.59. The van der Waals surface area contributed by atoms with Gasteiger partial charge < -0.3 is 10.1 Å². The molecule has 0 unspecified atom stereocenters. The van der Waals surface area contributed by atoms with Crippen LogP contribution >= 0.6 is 0 Å². The van der Waals surface area contributed by atoms with Crippen LogP contribution < -0.4 is 15.7 Å². The Labute approximate surface area is 178 Å². The SMILES string of the molecule is Cc1ccc(Oc2nccn3c(=O)n(CC(=O)Nc4ccccc4C(F)(F)F)nc23)cc1. The fraction of sp³-hybridized carbons (Fsp3) is 0.143. The van der Waals surface area contributed by atoms with Crippen LogP contribution in [0.3, 0.4) is 0 Å². The van der Waals surface area contributed by atoms with E-state index < -0.39 is 35.6 Å². The van der Waals surface area contributed by atoms with Crippen LogP contribution in [0.25, 0.3) is 5.65 Å². The molecule has 2 heterocycles. The number of carbonyl (C=O) groups is 1. The minimum absolute atomic E-state index is 0.0371. The Morgan fingerprint density at radius 2 is 1.84 bits per heavy atom. The standard InChI is InChI=1S/C21H16F3N5O3/c1-13-6-8-14(9-7-13)32-19-18-27-29(20(31)28(18)11-10-25-19)12-17(30)26-16-5-3-2-4-15(16)21(22,23)24/h2-11H,12H2,1H3,(H,26,30). The molecule has 0 saturated heterocycles. The summed E-state index contributed by atoms with van der Waals surface area (Å²) in [4.78, 5) is 29.1. The first-order valence-corrected chi connectivity index (χ1v) is 9.37. The minimum Gasteiger partial charge on any atom is -0.436 e. The van der Waals surface area contributed by atoms with E-state index >= 15 is 0 Å². The number of amides is 1. The summed E-state index contributed by atoms with van der Waals surface area (Å²) in [6.07, 6.45) is -1.96. The Hall–Kier alpha value is -4.15. The Morgan fingerprint density at radius 3 is 2.56 bits per heavy atom. The van der Waals surface area contributed by atoms with Crippen molar-refractivity contribution >= 4 is 17.2 Å². The van der Waals surface area contributed by atoms with E-state index in [1.807, 2.05) is 19.1 Å². The van der Waals surface area contributed by atoms with Crippen LogP contribution in [0.5, 0.6) is 11.6 Å². The van der Waals surface area contributed by atoms with Crippen LogP contribution in [0.1, 0.15) is 11.1 Å². The fourth-order valence-electron chi connectivity index (χ4n) is 2.98. The number of fused-ring (bicyclic) bond motifs is 1. The fourth-order valence-corrected chi connectivity index (χ4v) is 2.98. The highest BCUT2D eigenvalue weighted by atomic mass is 19.4. The molecule has 1 amide bonds. The first-order valence-electron chi connectivity index (χ1n) is 9.37. The van der Waals surface area contributed by atoms with E-state index in [-0.39, 0.29) is 11.5 Å². The van der Waals surface area contributed by atoms with Crippen molar-refractivity contribution in [1.82, 2.24) is 19.2 Å². The monoisotopic (exact) mass is 443 g/mol. The van der Waals surface area contributed by atoms with Gasteiger partial charge in [-0.15, -0.1) is 5.10 Å². The number of hydrogen-bond acceptors (Lipinski definition) is 5. The summed E-state index contributed by atoms with van der Waals surface area (Å²) in [5, 5.41) is 6.26. The smallest absolute Gasteiger partial charge is 0.418 e. The highest BCUT2D eigenvalue weighted by Gasteiger charge is 2.33. The number of halogens is 3. The van der Waals surface area contributed by atoms with Gasteiger partial charge in [0.25, 0.3) is 5.88 Å². The van der Waals surface area contributed by atoms with Crippen molar-refractivity contribution in [2.75, 3.05) is 5.32 Å². The van der Waals surface area contributed by atoms with Crippen molar-refractivity contribution in [3.8, 4) is 11.6 Å². The predicted octanol–water partition coefficient (Wildman–Crippen LogP) is 3.65. The van der Waals surface area contributed by atoms with Crippen molar-refractivity contribution in [1.29, 1.82) is 0 Å². The Bertz CT molecular complexity index is 1340. The molecule has 32 heavy (non-hydrogen) atoms. The van der Waals surface area contributed by atoms with Crippen molar-refractivity contribution in [2.24, 2.45) is 0 Å². The van der Waals surface area contributed by atoms with E-state index in [4.69, 9.17) is 4.74 Å². The molecule has 4 aromatic rings. The molecule has 0 spiro atoms. The van der Waals surface area contributed by atoms with Gasteiger partial charge in [0, 0.05) is 12.4 Å². The number of benzene rings is 2. The zero-order valence-electron chi connectivity index (χ0n) is 16.6. The van der Waals surface area contributed by atoms with E-state index in [0.717, 1.165) is 26.8 Å². The number of rotatable bonds is 5. The summed E-state index contributed by atoms with van der Waals surface area (Å²) < 4.78 is 47.0. The number of hydrogen-bond donors (Lipinski definition) is 1. The molecule has 0 fully saturated rings. The summed E-state index contributed by atoms with van der Waals surface area (Å²) >= 11 is 0. The molecule has 164 valence electrons. The highest BCUT2D eigenvalue weighted by Crippen LogP contribution is 2.34. The molecular formula is C21H16F3N5O3. The average molecular weight is 443 g/mol. The second-order valence-electron chi connectivity index (χ2n) is 6.87. The minimum atomic E-state index is -4.64. The molecule has 0 bridgehead atoms. The topological polar surface area (TPSA) is 90.5 Å². The maximum atomic E-state index is 13.1. The van der Waals surface area contributed by atoms with Crippen molar-refractivity contribution in [2.45, 2.75) is 19.6 Å². The van der Waals surface area contributed by atoms with Crippen LogP contribution in [-0.2, 0) is 17.5 Å². The number of para-hydroxylation sites is 1. The second-order valence-corrected chi connectivity index (χ2v) is 6.87. The number of aromatic nitrogens is 4. The van der Waals surface area contributed by atoms with Gasteiger partial charge in [-0.25, -0.2) is 18.9 Å². The van der Waals surface area contributed by atoms with Gasteiger partial charge in [0.2, 0.25) is 11.6 Å². The highest BCUT2D eigenvalue weighted by molar-refractivity contribution is 5.91. The summed E-state index contributed by atoms with van der Waals surface area (Å²) in [5.74, 6) is -0.337. The lowest BCUT2D eigenvalue weighted by molar-refractivity contribution is -0.137. The molecule has 1 N–H and O–H groups in total. The largest absolute Gasteiger partial charge is 0.436 e. The van der Waals surface area contributed by atoms with Gasteiger partial charge in [-0.1, -0.05) is 29.8 Å². The summed E-state index contributed by atoms with van der Waals surface area (Å²) in [7, 11) is 0. The molecule has 0 atom stereocenters. The molecule has 0 aliphatic rings. The molecule has 0 aliphatic heterocycles. The number of anilines is 1. The second kappa shape index (κ2) is 8.17. The van der Waals surface area contributed by atoms with Gasteiger partial charge in [0.15, 0.2) is 0 Å². The van der Waals surface area contributed by atoms with E-state index in [9.17, 15) is 22.8 Å². The quantitative estimate of drug-likeness (QED) is 0.509. The third-order valence-corrected chi connectivity index (χ3v) is 4.50. The van der Waals surface area contributed by atoms with Gasteiger partial charge in [-0.3, -0.25) is 4.79 Å². The van der Waals surface area contributed by atoms with Gasteiger partial charge >= 0.3 is 11.9 Å². The number of alkyl halides is 3. The number of nitrogens with zero attached hydrogens (tertiary/aromatic N) is 4.